The first kappa shape index (κ1) is 14.4. The Hall–Kier alpha value is -3.16. The Morgan fingerprint density at radius 1 is 1.17 bits per heavy atom. The highest BCUT2D eigenvalue weighted by molar-refractivity contribution is 6.18. The number of nitrogens with zero attached hydrogens (tertiary/aromatic N) is 5. The fraction of sp³-hybridized carbons (Fsp3) is 0.250. The summed E-state index contributed by atoms with van der Waals surface area (Å²) in [5.74, 6) is 0.678. The van der Waals surface area contributed by atoms with E-state index in [0.717, 1.165) is 10.6 Å². The SMILES string of the molecule is Cc1c[n+]2c(n1-c1ccccc1O)N=C1C2C(=O)N(C)C(=O)N1C. The molecular formula is C16H16N5O3+. The number of imidazole rings is 1. The third-order valence-corrected chi connectivity index (χ3v) is 4.45. The van der Waals surface area contributed by atoms with Crippen molar-refractivity contribution < 1.29 is 19.3 Å². The van der Waals surface area contributed by atoms with Crippen molar-refractivity contribution in [1.29, 1.82) is 0 Å². The van der Waals surface area contributed by atoms with Gasteiger partial charge in [-0.05, 0) is 19.1 Å². The fourth-order valence-corrected chi connectivity index (χ4v) is 3.22. The first-order chi connectivity index (χ1) is 11.4. The number of aliphatic imine (C=N–C) groups is 1. The summed E-state index contributed by atoms with van der Waals surface area (Å²) in [6, 6.07) is 5.84. The van der Waals surface area contributed by atoms with E-state index >= 15 is 0 Å². The topological polar surface area (TPSA) is 82.0 Å². The van der Waals surface area contributed by atoms with Crippen molar-refractivity contribution in [1.82, 2.24) is 14.4 Å². The Bertz CT molecular complexity index is 930. The van der Waals surface area contributed by atoms with Gasteiger partial charge in [0.25, 0.3) is 5.91 Å². The van der Waals surface area contributed by atoms with Gasteiger partial charge >= 0.3 is 12.0 Å². The van der Waals surface area contributed by atoms with Gasteiger partial charge in [0.15, 0.2) is 5.75 Å². The number of para-hydroxylation sites is 2. The number of amidine groups is 1. The van der Waals surface area contributed by atoms with Crippen LogP contribution in [0.5, 0.6) is 5.75 Å². The number of benzene rings is 1. The Kier molecular flexibility index (Phi) is 2.81. The lowest BCUT2D eigenvalue weighted by molar-refractivity contribution is -0.676. The second-order valence-electron chi connectivity index (χ2n) is 5.91. The second kappa shape index (κ2) is 4.67. The second-order valence-corrected chi connectivity index (χ2v) is 5.91. The largest absolute Gasteiger partial charge is 0.504 e. The van der Waals surface area contributed by atoms with E-state index in [1.54, 1.807) is 40.6 Å². The number of amides is 3. The lowest BCUT2D eigenvalue weighted by atomic mass is 10.2. The molecule has 3 heterocycles. The maximum absolute atomic E-state index is 12.6. The number of imide groups is 1. The summed E-state index contributed by atoms with van der Waals surface area (Å²) in [6.07, 6.45) is 1.80. The fourth-order valence-electron chi connectivity index (χ4n) is 3.22. The molecule has 0 spiro atoms. The average Bonchev–Trinajstić information content (AvgIpc) is 3.06. The summed E-state index contributed by atoms with van der Waals surface area (Å²) >= 11 is 0. The number of urea groups is 1. The zero-order chi connectivity index (χ0) is 17.2. The molecule has 2 aliphatic rings. The van der Waals surface area contributed by atoms with Crippen LogP contribution in [0.15, 0.2) is 35.5 Å². The van der Waals surface area contributed by atoms with Gasteiger partial charge < -0.3 is 5.11 Å². The molecule has 122 valence electrons. The van der Waals surface area contributed by atoms with E-state index in [4.69, 9.17) is 0 Å². The molecule has 1 unspecified atom stereocenters. The third kappa shape index (κ3) is 1.67. The molecule has 1 N–H and O–H groups in total. The number of fused-ring (bicyclic) bond motifs is 3. The lowest BCUT2D eigenvalue weighted by Crippen LogP contribution is -2.61. The predicted molar refractivity (Wildman–Crippen MR) is 84.4 cm³/mol. The van der Waals surface area contributed by atoms with Crippen LogP contribution < -0.4 is 4.57 Å². The maximum atomic E-state index is 12.6. The molecule has 0 bridgehead atoms. The van der Waals surface area contributed by atoms with Crippen molar-refractivity contribution in [2.75, 3.05) is 14.1 Å². The van der Waals surface area contributed by atoms with Gasteiger partial charge in [-0.3, -0.25) is 14.6 Å². The highest BCUT2D eigenvalue weighted by Gasteiger charge is 2.52. The third-order valence-electron chi connectivity index (χ3n) is 4.45. The first-order valence-corrected chi connectivity index (χ1v) is 7.47. The standard InChI is InChI=1S/C16H15N5O3/c1-9-8-20-12-13(18(2)16(24)19(3)14(12)23)17-15(20)21(9)10-6-4-5-7-11(10)22/h4-8,12H,1-3H3/p+1. The van der Waals surface area contributed by atoms with Gasteiger partial charge in [0, 0.05) is 14.1 Å². The van der Waals surface area contributed by atoms with Gasteiger partial charge in [0.1, 0.15) is 17.6 Å². The Labute approximate surface area is 137 Å². The summed E-state index contributed by atoms with van der Waals surface area (Å²) in [6.45, 7) is 1.87. The Morgan fingerprint density at radius 2 is 1.88 bits per heavy atom. The van der Waals surface area contributed by atoms with Crippen molar-refractivity contribution in [3.8, 4) is 11.4 Å². The molecule has 1 aromatic heterocycles. The summed E-state index contributed by atoms with van der Waals surface area (Å²) in [5.41, 5.74) is 1.39. The van der Waals surface area contributed by atoms with E-state index in [1.807, 2.05) is 13.0 Å². The summed E-state index contributed by atoms with van der Waals surface area (Å²) < 4.78 is 3.51. The number of carbonyl (C=O) groups is 2. The van der Waals surface area contributed by atoms with Crippen molar-refractivity contribution in [3.05, 3.63) is 36.2 Å². The highest BCUT2D eigenvalue weighted by atomic mass is 16.3. The monoisotopic (exact) mass is 326 g/mol. The number of phenols is 1. The molecule has 0 aliphatic carbocycles. The van der Waals surface area contributed by atoms with Crippen molar-refractivity contribution >= 4 is 23.7 Å². The number of likely N-dealkylation sites (N-methyl/N-ethyl adjacent to an activating group) is 2. The molecule has 1 atom stereocenters. The van der Waals surface area contributed by atoms with Crippen LogP contribution in [0.3, 0.4) is 0 Å². The summed E-state index contributed by atoms with van der Waals surface area (Å²) in [7, 11) is 3.06. The van der Waals surface area contributed by atoms with E-state index in [9.17, 15) is 14.7 Å². The van der Waals surface area contributed by atoms with Gasteiger partial charge in [0.2, 0.25) is 11.9 Å². The van der Waals surface area contributed by atoms with Crippen LogP contribution in [0.4, 0.5) is 10.7 Å². The van der Waals surface area contributed by atoms with Gasteiger partial charge in [0.05, 0.1) is 0 Å². The van der Waals surface area contributed by atoms with E-state index < -0.39 is 12.1 Å². The maximum Gasteiger partial charge on any atom is 0.407 e. The molecule has 1 aromatic carbocycles. The molecule has 2 aliphatic heterocycles. The molecule has 1 saturated heterocycles. The number of aromatic nitrogens is 2. The molecule has 8 nitrogen and oxygen atoms in total. The zero-order valence-corrected chi connectivity index (χ0v) is 13.5. The summed E-state index contributed by atoms with van der Waals surface area (Å²) in [5, 5.41) is 10.2. The number of rotatable bonds is 1. The smallest absolute Gasteiger partial charge is 0.407 e. The molecule has 4 rings (SSSR count). The van der Waals surface area contributed by atoms with E-state index in [1.165, 1.54) is 11.9 Å². The summed E-state index contributed by atoms with van der Waals surface area (Å²) in [4.78, 5) is 31.7. The number of carbonyl (C=O) groups excluding carboxylic acids is 2. The molecule has 8 heteroatoms. The van der Waals surface area contributed by atoms with Crippen LogP contribution >= 0.6 is 0 Å². The molecule has 0 radical (unpaired) electrons. The lowest BCUT2D eigenvalue weighted by Gasteiger charge is -2.30. The quantitative estimate of drug-likeness (QED) is 0.790. The van der Waals surface area contributed by atoms with Crippen LogP contribution in [0.25, 0.3) is 5.69 Å². The normalized spacial score (nSPS) is 19.5. The van der Waals surface area contributed by atoms with Gasteiger partial charge in [-0.15, -0.1) is 0 Å². The van der Waals surface area contributed by atoms with Crippen molar-refractivity contribution in [3.63, 3.8) is 0 Å². The first-order valence-electron chi connectivity index (χ1n) is 7.47. The minimum atomic E-state index is -0.668. The Morgan fingerprint density at radius 3 is 2.58 bits per heavy atom. The van der Waals surface area contributed by atoms with Crippen molar-refractivity contribution in [2.24, 2.45) is 4.99 Å². The number of aryl methyl sites for hydroxylation is 1. The molecule has 2 aromatic rings. The van der Waals surface area contributed by atoms with Crippen LogP contribution in [-0.4, -0.2) is 51.3 Å². The molecule has 1 fully saturated rings. The molecular weight excluding hydrogens is 310 g/mol. The number of phenolic OH excluding ortho intramolecular Hbond substituents is 1. The minimum absolute atomic E-state index is 0.113. The zero-order valence-electron chi connectivity index (χ0n) is 13.5. The Balaban J connectivity index is 1.95. The van der Waals surface area contributed by atoms with Gasteiger partial charge in [-0.2, -0.15) is 4.57 Å². The van der Waals surface area contributed by atoms with Crippen LogP contribution in [0.1, 0.15) is 11.7 Å². The minimum Gasteiger partial charge on any atom is -0.504 e. The number of hydrogen-bond donors (Lipinski definition) is 1. The average molecular weight is 326 g/mol. The van der Waals surface area contributed by atoms with Crippen LogP contribution in [-0.2, 0) is 4.79 Å². The van der Waals surface area contributed by atoms with Crippen LogP contribution in [0.2, 0.25) is 0 Å². The van der Waals surface area contributed by atoms with Crippen LogP contribution in [0, 0.1) is 6.92 Å². The predicted octanol–water partition coefficient (Wildman–Crippen LogP) is 0.887. The molecule has 3 amide bonds. The highest BCUT2D eigenvalue weighted by Crippen LogP contribution is 2.33. The number of hydrogen-bond acceptors (Lipinski definition) is 4. The van der Waals surface area contributed by atoms with Gasteiger partial charge in [-0.25, -0.2) is 9.36 Å². The van der Waals surface area contributed by atoms with E-state index in [-0.39, 0.29) is 11.7 Å². The molecule has 0 saturated carbocycles. The van der Waals surface area contributed by atoms with Gasteiger partial charge in [-0.1, -0.05) is 17.1 Å². The number of aromatic hydroxyl groups is 1. The van der Waals surface area contributed by atoms with E-state index in [0.29, 0.717) is 17.5 Å². The van der Waals surface area contributed by atoms with Crippen molar-refractivity contribution in [2.45, 2.75) is 13.0 Å². The molecule has 24 heavy (non-hydrogen) atoms. The van der Waals surface area contributed by atoms with E-state index in [2.05, 4.69) is 4.99 Å².